The van der Waals surface area contributed by atoms with Crippen LogP contribution in [0.15, 0.2) is 0 Å². The Morgan fingerprint density at radius 1 is 1.47 bits per heavy atom. The van der Waals surface area contributed by atoms with Gasteiger partial charge in [0, 0.05) is 24.8 Å². The summed E-state index contributed by atoms with van der Waals surface area (Å²) < 4.78 is 1.01. The van der Waals surface area contributed by atoms with Gasteiger partial charge in [-0.2, -0.15) is 5.26 Å². The molecule has 0 aromatic rings. The lowest BCUT2D eigenvalue weighted by atomic mass is 9.94. The van der Waals surface area contributed by atoms with Crippen LogP contribution in [0.4, 0.5) is 0 Å². The molecule has 3 atom stereocenters. The number of nitriles is 1. The molecule has 3 unspecified atom stereocenters. The van der Waals surface area contributed by atoms with Crippen LogP contribution in [0.3, 0.4) is 0 Å². The van der Waals surface area contributed by atoms with Gasteiger partial charge in [0.25, 0.3) is 0 Å². The number of thiocarbonyl (C=S) groups is 1. The van der Waals surface area contributed by atoms with Crippen molar-refractivity contribution in [3.05, 3.63) is 0 Å². The molecule has 0 aromatic heterocycles. The van der Waals surface area contributed by atoms with Gasteiger partial charge in [0.05, 0.1) is 6.07 Å². The Labute approximate surface area is 114 Å². The summed E-state index contributed by atoms with van der Waals surface area (Å²) in [4.78, 5) is 2.42. The van der Waals surface area contributed by atoms with E-state index in [0.717, 1.165) is 28.5 Å². The van der Waals surface area contributed by atoms with Crippen molar-refractivity contribution in [2.75, 3.05) is 12.3 Å². The summed E-state index contributed by atoms with van der Waals surface area (Å²) in [5.41, 5.74) is 0. The lowest BCUT2D eigenvalue weighted by Crippen LogP contribution is -2.41. The molecule has 2 aliphatic rings. The monoisotopic (exact) mass is 268 g/mol. The van der Waals surface area contributed by atoms with Gasteiger partial charge in [0.1, 0.15) is 4.32 Å². The van der Waals surface area contributed by atoms with Crippen LogP contribution in [-0.2, 0) is 0 Å². The summed E-state index contributed by atoms with van der Waals surface area (Å²) in [5, 5.41) is 8.55. The Balaban J connectivity index is 1.88. The molecule has 2 aliphatic carbocycles. The number of thioether (sulfide) groups is 1. The quantitative estimate of drug-likeness (QED) is 0.576. The molecule has 0 aromatic carbocycles. The van der Waals surface area contributed by atoms with E-state index < -0.39 is 0 Å². The molecule has 17 heavy (non-hydrogen) atoms. The zero-order chi connectivity index (χ0) is 12.3. The third-order valence-electron chi connectivity index (χ3n) is 4.12. The lowest BCUT2D eigenvalue weighted by Gasteiger charge is -2.35. The van der Waals surface area contributed by atoms with E-state index in [2.05, 4.69) is 17.9 Å². The van der Waals surface area contributed by atoms with Crippen LogP contribution >= 0.6 is 24.0 Å². The number of fused-ring (bicyclic) bond motifs is 2. The van der Waals surface area contributed by atoms with Gasteiger partial charge < -0.3 is 4.90 Å². The van der Waals surface area contributed by atoms with Crippen LogP contribution < -0.4 is 0 Å². The van der Waals surface area contributed by atoms with Crippen LogP contribution in [-0.4, -0.2) is 27.6 Å². The van der Waals surface area contributed by atoms with Gasteiger partial charge in [-0.25, -0.2) is 0 Å². The van der Waals surface area contributed by atoms with E-state index in [9.17, 15) is 0 Å². The molecule has 0 radical (unpaired) electrons. The molecule has 0 heterocycles. The fourth-order valence-corrected chi connectivity index (χ4v) is 4.67. The maximum atomic E-state index is 8.55. The van der Waals surface area contributed by atoms with Crippen molar-refractivity contribution in [2.24, 2.45) is 11.8 Å². The molecule has 2 fully saturated rings. The fourth-order valence-electron chi connectivity index (χ4n) is 3.36. The van der Waals surface area contributed by atoms with Gasteiger partial charge in [-0.3, -0.25) is 0 Å². The zero-order valence-electron chi connectivity index (χ0n) is 10.4. The molecule has 0 amide bonds. The zero-order valence-corrected chi connectivity index (χ0v) is 12.0. The van der Waals surface area contributed by atoms with E-state index in [0.29, 0.717) is 12.5 Å². The van der Waals surface area contributed by atoms with Crippen LogP contribution in [0.1, 0.15) is 39.0 Å². The highest BCUT2D eigenvalue weighted by Gasteiger charge is 2.42. The molecule has 2 bridgehead atoms. The summed E-state index contributed by atoms with van der Waals surface area (Å²) >= 11 is 7.20. The Kier molecular flexibility index (Phi) is 4.69. The predicted molar refractivity (Wildman–Crippen MR) is 76.9 cm³/mol. The predicted octanol–water partition coefficient (Wildman–Crippen LogP) is 3.43. The van der Waals surface area contributed by atoms with Crippen molar-refractivity contribution in [1.82, 2.24) is 4.90 Å². The van der Waals surface area contributed by atoms with E-state index in [-0.39, 0.29) is 0 Å². The number of hydrogen-bond donors (Lipinski definition) is 0. The molecule has 0 spiro atoms. The average molecular weight is 268 g/mol. The van der Waals surface area contributed by atoms with Gasteiger partial charge in [-0.05, 0) is 38.0 Å². The van der Waals surface area contributed by atoms with Crippen LogP contribution in [0, 0.1) is 23.2 Å². The molecule has 2 rings (SSSR count). The maximum Gasteiger partial charge on any atom is 0.136 e. The first-order valence-electron chi connectivity index (χ1n) is 6.56. The van der Waals surface area contributed by atoms with E-state index in [1.807, 2.05) is 0 Å². The first kappa shape index (κ1) is 13.2. The number of rotatable bonds is 4. The average Bonchev–Trinajstić information content (AvgIpc) is 2.92. The standard InChI is InChI=1S/C13H20N2S2/c1-2-15(13(16)17-7-3-6-14)12-9-10-4-5-11(12)8-10/h10-12H,2-5,7-9H2,1H3. The molecular formula is C13H20N2S2. The minimum Gasteiger partial charge on any atom is -0.355 e. The summed E-state index contributed by atoms with van der Waals surface area (Å²) in [7, 11) is 0. The second-order valence-electron chi connectivity index (χ2n) is 5.05. The van der Waals surface area contributed by atoms with Crippen molar-refractivity contribution in [3.8, 4) is 6.07 Å². The van der Waals surface area contributed by atoms with Gasteiger partial charge in [0.15, 0.2) is 0 Å². The van der Waals surface area contributed by atoms with Crippen LogP contribution in [0.5, 0.6) is 0 Å². The van der Waals surface area contributed by atoms with E-state index in [1.54, 1.807) is 11.8 Å². The largest absolute Gasteiger partial charge is 0.355 e. The number of nitrogens with zero attached hydrogens (tertiary/aromatic N) is 2. The Hall–Kier alpha value is -0.270. The minimum absolute atomic E-state index is 0.596. The summed E-state index contributed by atoms with van der Waals surface area (Å²) in [6.07, 6.45) is 6.20. The molecule has 94 valence electrons. The van der Waals surface area contributed by atoms with E-state index in [1.165, 1.54) is 25.7 Å². The first-order chi connectivity index (χ1) is 8.26. The highest BCUT2D eigenvalue weighted by atomic mass is 32.2. The fraction of sp³-hybridized carbons (Fsp3) is 0.846. The molecule has 0 aliphatic heterocycles. The summed E-state index contributed by atoms with van der Waals surface area (Å²) in [5.74, 6) is 2.69. The highest BCUT2D eigenvalue weighted by molar-refractivity contribution is 8.22. The molecular weight excluding hydrogens is 248 g/mol. The van der Waals surface area contributed by atoms with Crippen molar-refractivity contribution in [2.45, 2.75) is 45.1 Å². The molecule has 4 heteroatoms. The third-order valence-corrected chi connectivity index (χ3v) is 5.59. The Bertz CT molecular complexity index is 324. The van der Waals surface area contributed by atoms with E-state index in [4.69, 9.17) is 17.5 Å². The Morgan fingerprint density at radius 3 is 2.82 bits per heavy atom. The summed E-state index contributed by atoms with van der Waals surface area (Å²) in [6, 6.07) is 2.87. The lowest BCUT2D eigenvalue weighted by molar-refractivity contribution is 0.240. The highest BCUT2D eigenvalue weighted by Crippen LogP contribution is 2.47. The normalized spacial score (nSPS) is 30.2. The SMILES string of the molecule is CCN(C(=S)SCCC#N)C1CC2CCC1C2. The van der Waals surface area contributed by atoms with Crippen molar-refractivity contribution in [3.63, 3.8) is 0 Å². The van der Waals surface area contributed by atoms with Crippen LogP contribution in [0.25, 0.3) is 0 Å². The first-order valence-corrected chi connectivity index (χ1v) is 7.96. The number of hydrogen-bond acceptors (Lipinski definition) is 3. The Morgan fingerprint density at radius 2 is 2.29 bits per heavy atom. The van der Waals surface area contributed by atoms with Crippen LogP contribution in [0.2, 0.25) is 0 Å². The minimum atomic E-state index is 0.596. The second kappa shape index (κ2) is 6.06. The second-order valence-corrected chi connectivity index (χ2v) is 6.78. The van der Waals surface area contributed by atoms with Gasteiger partial charge in [0.2, 0.25) is 0 Å². The topological polar surface area (TPSA) is 27.0 Å². The molecule has 0 saturated heterocycles. The van der Waals surface area contributed by atoms with Crippen molar-refractivity contribution < 1.29 is 0 Å². The van der Waals surface area contributed by atoms with Crippen molar-refractivity contribution in [1.29, 1.82) is 5.26 Å². The third kappa shape index (κ3) is 2.95. The van der Waals surface area contributed by atoms with Gasteiger partial charge in [-0.15, -0.1) is 0 Å². The molecule has 2 saturated carbocycles. The smallest absolute Gasteiger partial charge is 0.136 e. The van der Waals surface area contributed by atoms with E-state index >= 15 is 0 Å². The summed E-state index contributed by atoms with van der Waals surface area (Å²) in [6.45, 7) is 3.22. The maximum absolute atomic E-state index is 8.55. The van der Waals surface area contributed by atoms with Crippen molar-refractivity contribution >= 4 is 28.3 Å². The van der Waals surface area contributed by atoms with Gasteiger partial charge in [-0.1, -0.05) is 30.4 Å². The van der Waals surface area contributed by atoms with Gasteiger partial charge >= 0.3 is 0 Å². The molecule has 0 N–H and O–H groups in total. The molecule has 2 nitrogen and oxygen atoms in total.